The highest BCUT2D eigenvalue weighted by Crippen LogP contribution is 2.43. The Morgan fingerprint density at radius 1 is 0.875 bits per heavy atom. The Morgan fingerprint density at radius 3 is 2.12 bits per heavy atom. The summed E-state index contributed by atoms with van der Waals surface area (Å²) >= 11 is 0. The van der Waals surface area contributed by atoms with Gasteiger partial charge in [-0.05, 0) is 42.5 Å². The number of ether oxygens (including phenoxy) is 3. The molecule has 0 unspecified atom stereocenters. The second kappa shape index (κ2) is 11.3. The Bertz CT molecular complexity index is 981. The van der Waals surface area contributed by atoms with Crippen LogP contribution in [0, 0.1) is 0 Å². The summed E-state index contributed by atoms with van der Waals surface area (Å²) in [5, 5.41) is 30.8. The number of esters is 1. The van der Waals surface area contributed by atoms with Gasteiger partial charge < -0.3 is 29.5 Å². The molecule has 0 atom stereocenters. The van der Waals surface area contributed by atoms with E-state index in [2.05, 4.69) is 0 Å². The number of hydrogen-bond donors (Lipinski definition) is 3. The highest BCUT2D eigenvalue weighted by atomic mass is 16.6. The van der Waals surface area contributed by atoms with E-state index in [1.54, 1.807) is 6.07 Å². The molecule has 0 spiro atoms. The summed E-state index contributed by atoms with van der Waals surface area (Å²) in [6, 6.07) is 4.37. The van der Waals surface area contributed by atoms with E-state index in [9.17, 15) is 24.9 Å². The van der Waals surface area contributed by atoms with Crippen LogP contribution in [0.3, 0.4) is 0 Å². The van der Waals surface area contributed by atoms with E-state index in [-0.39, 0.29) is 22.6 Å². The van der Waals surface area contributed by atoms with Crippen LogP contribution in [0.15, 0.2) is 18.2 Å². The molecule has 174 valence electrons. The van der Waals surface area contributed by atoms with Gasteiger partial charge in [-0.25, -0.2) is 9.59 Å². The lowest BCUT2D eigenvalue weighted by molar-refractivity contribution is 0.0676. The van der Waals surface area contributed by atoms with E-state index < -0.39 is 23.4 Å². The summed E-state index contributed by atoms with van der Waals surface area (Å²) in [7, 11) is 2.77. The molecule has 0 saturated heterocycles. The minimum Gasteiger partial charge on any atom is -0.507 e. The van der Waals surface area contributed by atoms with E-state index in [0.717, 1.165) is 19.3 Å². The molecular weight excluding hydrogens is 416 g/mol. The Balaban J connectivity index is 2.54. The summed E-state index contributed by atoms with van der Waals surface area (Å²) < 4.78 is 15.8. The van der Waals surface area contributed by atoms with Crippen LogP contribution in [-0.2, 0) is 12.8 Å². The number of carboxylic acids is 1. The van der Waals surface area contributed by atoms with Gasteiger partial charge in [-0.15, -0.1) is 0 Å². The van der Waals surface area contributed by atoms with E-state index in [0.29, 0.717) is 36.1 Å². The molecule has 0 saturated carbocycles. The smallest absolute Gasteiger partial charge is 0.347 e. The fraction of sp³-hybridized carbons (Fsp3) is 0.417. The van der Waals surface area contributed by atoms with Crippen LogP contribution >= 0.6 is 0 Å². The van der Waals surface area contributed by atoms with Crippen molar-refractivity contribution in [2.24, 2.45) is 0 Å². The van der Waals surface area contributed by atoms with E-state index in [1.165, 1.54) is 26.4 Å². The van der Waals surface area contributed by atoms with Crippen molar-refractivity contribution >= 4 is 11.9 Å². The second-order valence-electron chi connectivity index (χ2n) is 7.37. The van der Waals surface area contributed by atoms with Crippen molar-refractivity contribution in [1.29, 1.82) is 0 Å². The van der Waals surface area contributed by atoms with Crippen molar-refractivity contribution in [2.45, 2.75) is 52.4 Å². The van der Waals surface area contributed by atoms with Crippen LogP contribution in [0.1, 0.15) is 71.4 Å². The molecule has 3 N–H and O–H groups in total. The summed E-state index contributed by atoms with van der Waals surface area (Å²) in [6.07, 6.45) is 4.17. The summed E-state index contributed by atoms with van der Waals surface area (Å²) in [4.78, 5) is 24.8. The van der Waals surface area contributed by atoms with E-state index in [4.69, 9.17) is 14.2 Å². The molecule has 2 rings (SSSR count). The zero-order chi connectivity index (χ0) is 23.8. The van der Waals surface area contributed by atoms with Crippen LogP contribution in [-0.4, -0.2) is 41.5 Å². The van der Waals surface area contributed by atoms with Crippen LogP contribution in [0.5, 0.6) is 28.7 Å². The number of methoxy groups -OCH3 is 2. The van der Waals surface area contributed by atoms with Gasteiger partial charge in [-0.2, -0.15) is 0 Å². The van der Waals surface area contributed by atoms with Crippen molar-refractivity contribution in [2.75, 3.05) is 14.2 Å². The van der Waals surface area contributed by atoms with Gasteiger partial charge in [-0.3, -0.25) is 0 Å². The van der Waals surface area contributed by atoms with Gasteiger partial charge >= 0.3 is 11.9 Å². The van der Waals surface area contributed by atoms with Crippen LogP contribution in [0.4, 0.5) is 0 Å². The highest BCUT2D eigenvalue weighted by molar-refractivity contribution is 5.98. The number of aromatic carboxylic acids is 1. The lowest BCUT2D eigenvalue weighted by atomic mass is 9.99. The zero-order valence-corrected chi connectivity index (χ0v) is 18.9. The fourth-order valence-electron chi connectivity index (χ4n) is 3.55. The summed E-state index contributed by atoms with van der Waals surface area (Å²) in [5.74, 6) is -3.32. The number of carboxylic acid groups (broad SMARTS) is 1. The van der Waals surface area contributed by atoms with Gasteiger partial charge in [0.25, 0.3) is 0 Å². The molecule has 8 heteroatoms. The molecule has 32 heavy (non-hydrogen) atoms. The first-order valence-corrected chi connectivity index (χ1v) is 10.6. The molecule has 0 bridgehead atoms. The number of phenols is 2. The van der Waals surface area contributed by atoms with E-state index in [1.807, 2.05) is 13.8 Å². The molecule has 0 aromatic heterocycles. The van der Waals surface area contributed by atoms with Crippen molar-refractivity contribution < 1.29 is 39.1 Å². The van der Waals surface area contributed by atoms with Gasteiger partial charge in [0.05, 0.1) is 14.2 Å². The topological polar surface area (TPSA) is 123 Å². The minimum atomic E-state index is -1.34. The first-order valence-electron chi connectivity index (χ1n) is 10.6. The number of hydrogen-bond acceptors (Lipinski definition) is 7. The van der Waals surface area contributed by atoms with Gasteiger partial charge in [0, 0.05) is 6.07 Å². The molecule has 0 radical (unpaired) electrons. The van der Waals surface area contributed by atoms with Crippen LogP contribution in [0.2, 0.25) is 0 Å². The number of aromatic hydroxyl groups is 2. The summed E-state index contributed by atoms with van der Waals surface area (Å²) in [5.41, 5.74) is 0.469. The average Bonchev–Trinajstić information content (AvgIpc) is 2.74. The van der Waals surface area contributed by atoms with Crippen molar-refractivity contribution in [1.82, 2.24) is 0 Å². The van der Waals surface area contributed by atoms with E-state index >= 15 is 0 Å². The number of phenolic OH excluding ortho intramolecular Hbond substituents is 1. The normalized spacial score (nSPS) is 10.6. The number of carbonyl (C=O) groups is 2. The maximum Gasteiger partial charge on any atom is 0.347 e. The molecule has 2 aromatic rings. The minimum absolute atomic E-state index is 0.0254. The van der Waals surface area contributed by atoms with Crippen molar-refractivity contribution in [3.05, 3.63) is 40.5 Å². The number of aryl methyl sites for hydroxylation is 2. The van der Waals surface area contributed by atoms with Gasteiger partial charge in [-0.1, -0.05) is 33.1 Å². The van der Waals surface area contributed by atoms with Crippen LogP contribution < -0.4 is 14.2 Å². The third kappa shape index (κ3) is 5.43. The molecule has 0 aliphatic rings. The predicted molar refractivity (Wildman–Crippen MR) is 118 cm³/mol. The van der Waals surface area contributed by atoms with Gasteiger partial charge in [0.2, 0.25) is 5.75 Å². The second-order valence-corrected chi connectivity index (χ2v) is 7.37. The number of unbranched alkanes of at least 4 members (excludes halogenated alkanes) is 2. The Kier molecular flexibility index (Phi) is 8.75. The number of carbonyl (C=O) groups excluding carboxylic acids is 1. The SMILES string of the molecule is CCCCCc1cc(OC)c(OC(=O)c2c(O)cc(OC)cc2CCC)c(O)c1C(=O)O. The monoisotopic (exact) mass is 446 g/mol. The van der Waals surface area contributed by atoms with Crippen LogP contribution in [0.25, 0.3) is 0 Å². The van der Waals surface area contributed by atoms with Gasteiger partial charge in [0.1, 0.15) is 22.6 Å². The predicted octanol–water partition coefficient (Wildman–Crippen LogP) is 4.72. The molecule has 2 aromatic carbocycles. The maximum absolute atomic E-state index is 13.0. The largest absolute Gasteiger partial charge is 0.507 e. The zero-order valence-electron chi connectivity index (χ0n) is 18.9. The van der Waals surface area contributed by atoms with Gasteiger partial charge in [0.15, 0.2) is 11.5 Å². The molecule has 0 heterocycles. The average molecular weight is 446 g/mol. The van der Waals surface area contributed by atoms with Crippen molar-refractivity contribution in [3.8, 4) is 28.7 Å². The summed E-state index contributed by atoms with van der Waals surface area (Å²) in [6.45, 7) is 3.94. The Labute approximate surface area is 187 Å². The first-order chi connectivity index (χ1) is 15.3. The third-order valence-corrected chi connectivity index (χ3v) is 5.11. The molecule has 0 aliphatic carbocycles. The Morgan fingerprint density at radius 2 is 1.56 bits per heavy atom. The maximum atomic E-state index is 13.0. The highest BCUT2D eigenvalue weighted by Gasteiger charge is 2.28. The first kappa shape index (κ1) is 24.8. The number of benzene rings is 2. The molecule has 0 fully saturated rings. The molecular formula is C24H30O8. The Hall–Kier alpha value is -3.42. The molecule has 0 aliphatic heterocycles. The number of rotatable bonds is 11. The third-order valence-electron chi connectivity index (χ3n) is 5.11. The van der Waals surface area contributed by atoms with Crippen molar-refractivity contribution in [3.63, 3.8) is 0 Å². The molecule has 8 nitrogen and oxygen atoms in total. The molecule has 0 amide bonds. The standard InChI is InChI=1S/C24H30O8/c1-5-7-8-10-15-12-18(31-4)22(21(26)20(15)23(27)28)32-24(29)19-14(9-6-2)11-16(30-3)13-17(19)25/h11-13,25-26H,5-10H2,1-4H3,(H,27,28). The quantitative estimate of drug-likeness (QED) is 0.257. The lowest BCUT2D eigenvalue weighted by Crippen LogP contribution is -2.14. The lowest BCUT2D eigenvalue weighted by Gasteiger charge is -2.17. The fourth-order valence-corrected chi connectivity index (χ4v) is 3.55.